The molecule has 0 unspecified atom stereocenters. The summed E-state index contributed by atoms with van der Waals surface area (Å²) in [6.07, 6.45) is 2.18. The van der Waals surface area contributed by atoms with Gasteiger partial charge in [0.05, 0.1) is 5.52 Å². The van der Waals surface area contributed by atoms with Crippen molar-refractivity contribution in [2.75, 3.05) is 0 Å². The van der Waals surface area contributed by atoms with Crippen LogP contribution in [0.15, 0.2) is 144 Å². The summed E-state index contributed by atoms with van der Waals surface area (Å²) in [7, 11) is 0. The number of hydrogen-bond acceptors (Lipinski definition) is 2. The van der Waals surface area contributed by atoms with Gasteiger partial charge in [-0.15, -0.1) is 11.3 Å². The molecule has 0 saturated heterocycles. The molecule has 2 nitrogen and oxygen atoms in total. The standard InChI is InChI=1S/C40H23NOS/c1-2-9-26(10-3-1)41-20-19-24-21-25-22-34(32-14-8-13-31-28-12-5-7-16-37(28)43-40(31)32)29-17-18-30-27-11-4-6-15-36(27)42-39(30)38(29)33(25)23-35(24)41/h1-23H. The molecule has 0 aliphatic heterocycles. The Morgan fingerprint density at radius 3 is 2.23 bits per heavy atom. The largest absolute Gasteiger partial charge is 0.455 e. The monoisotopic (exact) mass is 565 g/mol. The van der Waals surface area contributed by atoms with Crippen molar-refractivity contribution in [1.29, 1.82) is 0 Å². The van der Waals surface area contributed by atoms with Gasteiger partial charge in [0, 0.05) is 59.2 Å². The molecule has 0 fully saturated rings. The van der Waals surface area contributed by atoms with Crippen molar-refractivity contribution in [1.82, 2.24) is 4.57 Å². The summed E-state index contributed by atoms with van der Waals surface area (Å²) in [6.45, 7) is 0. The molecule has 0 atom stereocenters. The molecule has 7 aromatic carbocycles. The summed E-state index contributed by atoms with van der Waals surface area (Å²) < 4.78 is 11.6. The Hall–Kier alpha value is -5.38. The maximum absolute atomic E-state index is 6.70. The van der Waals surface area contributed by atoms with Gasteiger partial charge in [0.2, 0.25) is 0 Å². The Labute approximate surface area is 250 Å². The Morgan fingerprint density at radius 1 is 0.512 bits per heavy atom. The van der Waals surface area contributed by atoms with E-state index in [0.717, 1.165) is 27.6 Å². The van der Waals surface area contributed by atoms with Gasteiger partial charge in [-0.3, -0.25) is 0 Å². The Balaban J connectivity index is 1.38. The Morgan fingerprint density at radius 2 is 1.30 bits per heavy atom. The van der Waals surface area contributed by atoms with Crippen LogP contribution < -0.4 is 0 Å². The summed E-state index contributed by atoms with van der Waals surface area (Å²) in [4.78, 5) is 0. The number of rotatable bonds is 2. The molecule has 10 aromatic rings. The minimum atomic E-state index is 0.920. The molecule has 10 rings (SSSR count). The highest BCUT2D eigenvalue weighted by atomic mass is 32.1. The fraction of sp³-hybridized carbons (Fsp3) is 0. The zero-order valence-corrected chi connectivity index (χ0v) is 23.9. The number of hydrogen-bond donors (Lipinski definition) is 0. The zero-order chi connectivity index (χ0) is 28.1. The molecule has 43 heavy (non-hydrogen) atoms. The number of fused-ring (bicyclic) bond motifs is 11. The molecule has 0 aliphatic carbocycles. The first-order valence-electron chi connectivity index (χ1n) is 14.6. The van der Waals surface area contributed by atoms with Gasteiger partial charge in [-0.05, 0) is 76.3 Å². The van der Waals surface area contributed by atoms with Crippen molar-refractivity contribution in [3.8, 4) is 16.8 Å². The summed E-state index contributed by atoms with van der Waals surface area (Å²) in [5, 5.41) is 11.0. The van der Waals surface area contributed by atoms with Gasteiger partial charge in [-0.25, -0.2) is 0 Å². The van der Waals surface area contributed by atoms with Crippen LogP contribution in [-0.2, 0) is 0 Å². The van der Waals surface area contributed by atoms with Gasteiger partial charge >= 0.3 is 0 Å². The quantitative estimate of drug-likeness (QED) is 0.191. The molecule has 200 valence electrons. The van der Waals surface area contributed by atoms with Crippen molar-refractivity contribution in [2.45, 2.75) is 0 Å². The number of benzene rings is 7. The molecular formula is C40H23NOS. The summed E-state index contributed by atoms with van der Waals surface area (Å²) in [5.74, 6) is 0. The predicted octanol–water partition coefficient (Wildman–Crippen LogP) is 11.9. The molecule has 3 heterocycles. The van der Waals surface area contributed by atoms with E-state index in [2.05, 4.69) is 144 Å². The number of aromatic nitrogens is 1. The molecule has 3 aromatic heterocycles. The third-order valence-corrected chi connectivity index (χ3v) is 10.2. The van der Waals surface area contributed by atoms with Crippen LogP contribution in [0.4, 0.5) is 0 Å². The van der Waals surface area contributed by atoms with Crippen LogP contribution in [0.1, 0.15) is 0 Å². The van der Waals surface area contributed by atoms with Crippen molar-refractivity contribution in [3.05, 3.63) is 140 Å². The number of nitrogens with zero attached hydrogens (tertiary/aromatic N) is 1. The first kappa shape index (κ1) is 23.2. The minimum absolute atomic E-state index is 0.920. The third kappa shape index (κ3) is 3.23. The van der Waals surface area contributed by atoms with E-state index in [4.69, 9.17) is 4.42 Å². The van der Waals surface area contributed by atoms with Crippen LogP contribution in [0, 0.1) is 0 Å². The SMILES string of the molecule is c1ccc(-n2ccc3cc4cc(-c5cccc6c5sc5ccccc56)c5ccc6c7ccccc7oc6c5c4cc32)cc1. The fourth-order valence-corrected chi connectivity index (χ4v) is 8.28. The lowest BCUT2D eigenvalue weighted by Gasteiger charge is -2.14. The van der Waals surface area contributed by atoms with Crippen LogP contribution in [0.25, 0.3) is 91.4 Å². The average molecular weight is 566 g/mol. The van der Waals surface area contributed by atoms with Crippen molar-refractivity contribution in [2.24, 2.45) is 0 Å². The highest BCUT2D eigenvalue weighted by molar-refractivity contribution is 7.26. The van der Waals surface area contributed by atoms with Gasteiger partial charge in [0.25, 0.3) is 0 Å². The molecule has 0 N–H and O–H groups in total. The lowest BCUT2D eigenvalue weighted by molar-refractivity contribution is 0.673. The lowest BCUT2D eigenvalue weighted by Crippen LogP contribution is -1.91. The molecule has 0 bridgehead atoms. The summed E-state index contributed by atoms with van der Waals surface area (Å²) >= 11 is 1.88. The predicted molar refractivity (Wildman–Crippen MR) is 184 cm³/mol. The van der Waals surface area contributed by atoms with E-state index in [9.17, 15) is 0 Å². The van der Waals surface area contributed by atoms with Gasteiger partial charge in [0.1, 0.15) is 11.2 Å². The number of para-hydroxylation sites is 2. The molecule has 0 radical (unpaired) electrons. The Bertz CT molecular complexity index is 2720. The molecule has 0 saturated carbocycles. The van der Waals surface area contributed by atoms with E-state index in [-0.39, 0.29) is 0 Å². The van der Waals surface area contributed by atoms with E-state index in [1.165, 1.54) is 63.7 Å². The van der Waals surface area contributed by atoms with Gasteiger partial charge in [0.15, 0.2) is 0 Å². The van der Waals surface area contributed by atoms with Crippen LogP contribution in [-0.4, -0.2) is 4.57 Å². The van der Waals surface area contributed by atoms with Crippen LogP contribution in [0.2, 0.25) is 0 Å². The van der Waals surface area contributed by atoms with Crippen molar-refractivity contribution in [3.63, 3.8) is 0 Å². The molecule has 0 amide bonds. The third-order valence-electron chi connectivity index (χ3n) is 9.00. The summed E-state index contributed by atoms with van der Waals surface area (Å²) in [6, 6.07) is 48.3. The van der Waals surface area contributed by atoms with Crippen molar-refractivity contribution >= 4 is 85.9 Å². The highest BCUT2D eigenvalue weighted by Crippen LogP contribution is 2.46. The summed E-state index contributed by atoms with van der Waals surface area (Å²) in [5.41, 5.74) is 6.72. The zero-order valence-electron chi connectivity index (χ0n) is 23.0. The van der Waals surface area contributed by atoms with Crippen molar-refractivity contribution < 1.29 is 4.42 Å². The average Bonchev–Trinajstić information content (AvgIpc) is 3.76. The maximum Gasteiger partial charge on any atom is 0.143 e. The van der Waals surface area contributed by atoms with Crippen LogP contribution >= 0.6 is 11.3 Å². The van der Waals surface area contributed by atoms with Gasteiger partial charge in [-0.1, -0.05) is 78.9 Å². The first-order valence-corrected chi connectivity index (χ1v) is 15.4. The second-order valence-electron chi connectivity index (χ2n) is 11.3. The molecular weight excluding hydrogens is 543 g/mol. The van der Waals surface area contributed by atoms with Crippen LogP contribution in [0.5, 0.6) is 0 Å². The second kappa shape index (κ2) is 8.57. The van der Waals surface area contributed by atoms with Gasteiger partial charge in [-0.2, -0.15) is 0 Å². The molecule has 0 aliphatic rings. The van der Waals surface area contributed by atoms with E-state index in [0.29, 0.717) is 0 Å². The maximum atomic E-state index is 6.70. The minimum Gasteiger partial charge on any atom is -0.455 e. The number of furan rings is 1. The molecule has 0 spiro atoms. The van der Waals surface area contributed by atoms with Gasteiger partial charge < -0.3 is 8.98 Å². The van der Waals surface area contributed by atoms with E-state index in [1.54, 1.807) is 0 Å². The highest BCUT2D eigenvalue weighted by Gasteiger charge is 2.19. The second-order valence-corrected chi connectivity index (χ2v) is 12.4. The van der Waals surface area contributed by atoms with E-state index >= 15 is 0 Å². The van der Waals surface area contributed by atoms with Crippen LogP contribution in [0.3, 0.4) is 0 Å². The van der Waals surface area contributed by atoms with E-state index in [1.807, 2.05) is 11.3 Å². The number of thiophene rings is 1. The van der Waals surface area contributed by atoms with E-state index < -0.39 is 0 Å². The lowest BCUT2D eigenvalue weighted by atomic mass is 9.91. The molecule has 3 heteroatoms. The smallest absolute Gasteiger partial charge is 0.143 e. The first-order chi connectivity index (χ1) is 21.3. The fourth-order valence-electron chi connectivity index (χ4n) is 7.05. The normalized spacial score (nSPS) is 12.2. The Kier molecular flexibility index (Phi) is 4.63. The topological polar surface area (TPSA) is 18.1 Å².